The average Bonchev–Trinajstić information content (AvgIpc) is 3.18. The molecule has 4 atom stereocenters. The second-order valence-corrected chi connectivity index (χ2v) is 13.2. The Morgan fingerprint density at radius 1 is 1.12 bits per heavy atom. The maximum absolute atomic E-state index is 13.2. The molecule has 3 unspecified atom stereocenters. The Hall–Kier alpha value is -1.94. The summed E-state index contributed by atoms with van der Waals surface area (Å²) in [6.45, 7) is 5.96. The number of aromatic nitrogens is 3. The smallest absolute Gasteiger partial charge is 0.300 e. The quantitative estimate of drug-likeness (QED) is 0.639. The molecule has 0 N–H and O–H groups in total. The number of nitrogens with zero attached hydrogens (tertiary/aromatic N) is 4. The fourth-order valence-electron chi connectivity index (χ4n) is 6.90. The number of likely N-dealkylation sites (tertiary alicyclic amines) is 1. The van der Waals surface area contributed by atoms with Gasteiger partial charge >= 0.3 is 6.18 Å². The molecule has 2 saturated carbocycles. The normalized spacial score (nSPS) is 31.7. The molecule has 2 aromatic rings. The van der Waals surface area contributed by atoms with Crippen LogP contribution in [0.15, 0.2) is 24.4 Å². The van der Waals surface area contributed by atoms with Crippen molar-refractivity contribution in [2.75, 3.05) is 24.6 Å². The van der Waals surface area contributed by atoms with Crippen molar-refractivity contribution in [2.45, 2.75) is 57.3 Å². The first kappa shape index (κ1) is 22.5. The van der Waals surface area contributed by atoms with E-state index in [0.717, 1.165) is 50.2 Å². The van der Waals surface area contributed by atoms with Gasteiger partial charge in [0.25, 0.3) is 0 Å². The van der Waals surface area contributed by atoms with Crippen LogP contribution in [0.25, 0.3) is 11.4 Å². The van der Waals surface area contributed by atoms with Gasteiger partial charge in [0, 0.05) is 41.9 Å². The van der Waals surface area contributed by atoms with Crippen LogP contribution < -0.4 is 0 Å². The third-order valence-corrected chi connectivity index (χ3v) is 10.5. The number of alkyl halides is 3. The molecule has 2 aliphatic heterocycles. The molecule has 2 saturated heterocycles. The molecule has 0 aromatic carbocycles. The first-order chi connectivity index (χ1) is 15.9. The van der Waals surface area contributed by atoms with E-state index >= 15 is 0 Å². The van der Waals surface area contributed by atoms with Crippen molar-refractivity contribution in [3.63, 3.8) is 0 Å². The van der Waals surface area contributed by atoms with Crippen molar-refractivity contribution in [2.24, 2.45) is 17.3 Å². The number of sulfone groups is 1. The van der Waals surface area contributed by atoms with Crippen molar-refractivity contribution in [3.05, 3.63) is 35.7 Å². The highest BCUT2D eigenvalue weighted by Gasteiger charge is 2.60. The molecule has 6 rings (SSSR count). The molecular weight excluding hydrogens is 465 g/mol. The van der Waals surface area contributed by atoms with Gasteiger partial charge in [-0.15, -0.1) is 0 Å². The van der Waals surface area contributed by atoms with Crippen LogP contribution in [0.5, 0.6) is 0 Å². The van der Waals surface area contributed by atoms with Crippen molar-refractivity contribution >= 4 is 9.84 Å². The van der Waals surface area contributed by atoms with Crippen LogP contribution in [0.4, 0.5) is 13.2 Å². The van der Waals surface area contributed by atoms with E-state index < -0.39 is 21.6 Å². The Balaban J connectivity index is 1.17. The van der Waals surface area contributed by atoms with Gasteiger partial charge in [0.05, 0.1) is 22.8 Å². The summed E-state index contributed by atoms with van der Waals surface area (Å²) in [7, 11) is -2.82. The monoisotopic (exact) mass is 494 g/mol. The highest BCUT2D eigenvalue weighted by molar-refractivity contribution is 7.92. The Morgan fingerprint density at radius 3 is 2.44 bits per heavy atom. The Kier molecular flexibility index (Phi) is 4.83. The van der Waals surface area contributed by atoms with Gasteiger partial charge in [0.1, 0.15) is 5.69 Å². The summed E-state index contributed by atoms with van der Waals surface area (Å²) in [4.78, 5) is 6.67. The van der Waals surface area contributed by atoms with Gasteiger partial charge in [-0.2, -0.15) is 18.3 Å². The van der Waals surface area contributed by atoms with Crippen molar-refractivity contribution < 1.29 is 21.6 Å². The van der Waals surface area contributed by atoms with Crippen molar-refractivity contribution in [3.8, 4) is 11.4 Å². The van der Waals surface area contributed by atoms with Gasteiger partial charge in [-0.05, 0) is 69.7 Å². The zero-order valence-corrected chi connectivity index (χ0v) is 20.1. The van der Waals surface area contributed by atoms with E-state index in [0.29, 0.717) is 41.0 Å². The Morgan fingerprint density at radius 2 is 1.82 bits per heavy atom. The van der Waals surface area contributed by atoms with Gasteiger partial charge in [0.2, 0.25) is 0 Å². The van der Waals surface area contributed by atoms with Gasteiger partial charge < -0.3 is 0 Å². The molecule has 0 radical (unpaired) electrons. The standard InChI is InChI=1S/C24H29F3N4O2S/c1-14(2)31-21(10-20(29-31)19-7-15(3-5-28-19)24(25,26)27)22-17-8-16(9-18(17)22)30-6-4-23(11-30)12-34(32,33)13-23/h3,5,7,10,14,16-18,22H,4,6,8-9,11-13H2,1-2H3/t16?,17-,18?,22?/m0/s1. The van der Waals surface area contributed by atoms with Crippen LogP contribution in [0, 0.1) is 17.3 Å². The molecule has 0 bridgehead atoms. The molecule has 4 heterocycles. The first-order valence-corrected chi connectivity index (χ1v) is 13.8. The lowest BCUT2D eigenvalue weighted by atomic mass is 9.91. The number of hydrogen-bond donors (Lipinski definition) is 0. The number of fused-ring (bicyclic) bond motifs is 1. The molecule has 184 valence electrons. The minimum absolute atomic E-state index is 0.00582. The highest BCUT2D eigenvalue weighted by Crippen LogP contribution is 2.64. The average molecular weight is 495 g/mol. The van der Waals surface area contributed by atoms with Gasteiger partial charge in [-0.1, -0.05) is 0 Å². The van der Waals surface area contributed by atoms with Crippen LogP contribution in [0.3, 0.4) is 0 Å². The fourth-order valence-corrected chi connectivity index (χ4v) is 9.15. The minimum Gasteiger partial charge on any atom is -0.300 e. The second-order valence-electron chi connectivity index (χ2n) is 11.2. The summed E-state index contributed by atoms with van der Waals surface area (Å²) >= 11 is 0. The van der Waals surface area contributed by atoms with Gasteiger partial charge in [0.15, 0.2) is 9.84 Å². The van der Waals surface area contributed by atoms with Crippen LogP contribution >= 0.6 is 0 Å². The van der Waals surface area contributed by atoms with Crippen LogP contribution in [-0.4, -0.2) is 58.7 Å². The molecule has 0 amide bonds. The lowest BCUT2D eigenvalue weighted by molar-refractivity contribution is -0.137. The lowest BCUT2D eigenvalue weighted by Crippen LogP contribution is -2.50. The van der Waals surface area contributed by atoms with E-state index in [9.17, 15) is 21.6 Å². The predicted molar refractivity (Wildman–Crippen MR) is 121 cm³/mol. The highest BCUT2D eigenvalue weighted by atomic mass is 32.2. The number of pyridine rings is 1. The number of hydrogen-bond acceptors (Lipinski definition) is 5. The van der Waals surface area contributed by atoms with Gasteiger partial charge in [-0.25, -0.2) is 8.42 Å². The van der Waals surface area contributed by atoms with E-state index in [1.54, 1.807) is 0 Å². The van der Waals surface area contributed by atoms with Crippen LogP contribution in [0.2, 0.25) is 0 Å². The van der Waals surface area contributed by atoms with E-state index in [-0.39, 0.29) is 17.2 Å². The molecule has 1 spiro atoms. The molecule has 4 aliphatic rings. The minimum atomic E-state index is -4.42. The third kappa shape index (κ3) is 3.68. The molecular formula is C24H29F3N4O2S. The number of rotatable bonds is 4. The summed E-state index contributed by atoms with van der Waals surface area (Å²) in [6.07, 6.45) is -0.0492. The largest absolute Gasteiger partial charge is 0.416 e. The molecule has 2 aromatic heterocycles. The van der Waals surface area contributed by atoms with Gasteiger partial charge in [-0.3, -0.25) is 14.6 Å². The molecule has 6 nitrogen and oxygen atoms in total. The van der Waals surface area contributed by atoms with E-state index in [1.165, 1.54) is 6.20 Å². The Labute approximate surface area is 197 Å². The summed E-state index contributed by atoms with van der Waals surface area (Å²) in [5, 5.41) is 4.66. The van der Waals surface area contributed by atoms with Crippen molar-refractivity contribution in [1.82, 2.24) is 19.7 Å². The summed E-state index contributed by atoms with van der Waals surface area (Å²) in [5.41, 5.74) is 1.11. The zero-order chi connectivity index (χ0) is 24.0. The van der Waals surface area contributed by atoms with E-state index in [1.807, 2.05) is 24.6 Å². The Bertz CT molecular complexity index is 1220. The summed E-state index contributed by atoms with van der Waals surface area (Å²) < 4.78 is 64.9. The fraction of sp³-hybridized carbons (Fsp3) is 0.667. The van der Waals surface area contributed by atoms with E-state index in [2.05, 4.69) is 15.0 Å². The number of halogens is 3. The zero-order valence-electron chi connectivity index (χ0n) is 19.3. The third-order valence-electron chi connectivity index (χ3n) is 8.40. The van der Waals surface area contributed by atoms with Crippen LogP contribution in [0.1, 0.15) is 56.3 Å². The second kappa shape index (κ2) is 7.29. The van der Waals surface area contributed by atoms with E-state index in [4.69, 9.17) is 0 Å². The summed E-state index contributed by atoms with van der Waals surface area (Å²) in [5.74, 6) is 2.19. The maximum atomic E-state index is 13.2. The maximum Gasteiger partial charge on any atom is 0.416 e. The topological polar surface area (TPSA) is 68.1 Å². The predicted octanol–water partition coefficient (Wildman–Crippen LogP) is 4.16. The van der Waals surface area contributed by atoms with Crippen molar-refractivity contribution in [1.29, 1.82) is 0 Å². The molecule has 10 heteroatoms. The van der Waals surface area contributed by atoms with Crippen LogP contribution in [-0.2, 0) is 16.0 Å². The molecule has 2 aliphatic carbocycles. The molecule has 4 fully saturated rings. The summed E-state index contributed by atoms with van der Waals surface area (Å²) in [6, 6.07) is 4.60. The first-order valence-electron chi connectivity index (χ1n) is 12.0. The molecule has 34 heavy (non-hydrogen) atoms. The SMILES string of the molecule is CC(C)n1nc(-c2cc(C(F)(F)F)ccn2)cc1C1C2CC(N3CCC4(C3)CS(=O)(=O)C4)C[C@@H]21. The lowest BCUT2D eigenvalue weighted by Gasteiger charge is -2.38.